The molecular weight excluding hydrogens is 218 g/mol. The first kappa shape index (κ1) is 11.6. The molecule has 1 aromatic rings. The molecule has 0 unspecified atom stereocenters. The molecule has 3 N–H and O–H groups in total. The average Bonchev–Trinajstić information content (AvgIpc) is 2.28. The van der Waals surface area contributed by atoms with Crippen molar-refractivity contribution in [3.05, 3.63) is 34.4 Å². The van der Waals surface area contributed by atoms with Crippen molar-refractivity contribution in [1.29, 1.82) is 0 Å². The molecule has 1 amide bonds. The molecule has 0 spiro atoms. The number of hydrogen-bond acceptors (Lipinski definition) is 6. The van der Waals surface area contributed by atoms with Gasteiger partial charge in [-0.05, 0) is 12.1 Å². The molecule has 8 heteroatoms. The molecule has 16 heavy (non-hydrogen) atoms. The number of hydrogen-bond donors (Lipinski definition) is 2. The summed E-state index contributed by atoms with van der Waals surface area (Å²) < 4.78 is 4.55. The molecule has 0 aromatic heterocycles. The van der Waals surface area contributed by atoms with Gasteiger partial charge < -0.3 is 4.74 Å². The number of carbonyl (C=O) groups is 2. The van der Waals surface area contributed by atoms with E-state index in [2.05, 4.69) is 4.74 Å². The lowest BCUT2D eigenvalue weighted by Crippen LogP contribution is -2.38. The molecule has 0 heterocycles. The summed E-state index contributed by atoms with van der Waals surface area (Å²) in [5.41, 5.74) is 1.44. The van der Waals surface area contributed by atoms with Gasteiger partial charge in [0.2, 0.25) is 0 Å². The van der Waals surface area contributed by atoms with Gasteiger partial charge in [-0.2, -0.15) is 0 Å². The third-order valence-electron chi connectivity index (χ3n) is 1.57. The molecule has 8 nitrogen and oxygen atoms in total. The summed E-state index contributed by atoms with van der Waals surface area (Å²) in [6.07, 6.45) is 0. The monoisotopic (exact) mass is 225 g/mol. The van der Waals surface area contributed by atoms with E-state index in [-0.39, 0.29) is 11.4 Å². The molecular formula is C8H7N3O5. The van der Waals surface area contributed by atoms with Crippen molar-refractivity contribution >= 4 is 17.6 Å². The summed E-state index contributed by atoms with van der Waals surface area (Å²) in [6, 6.07) is 4.67. The highest BCUT2D eigenvalue weighted by Crippen LogP contribution is 2.17. The third-order valence-corrected chi connectivity index (χ3v) is 1.57. The van der Waals surface area contributed by atoms with Crippen molar-refractivity contribution in [1.82, 2.24) is 5.43 Å². The van der Waals surface area contributed by atoms with Gasteiger partial charge in [-0.3, -0.25) is 20.3 Å². The average molecular weight is 225 g/mol. The minimum atomic E-state index is -1.20. The summed E-state index contributed by atoms with van der Waals surface area (Å²) in [7, 11) is 0. The molecule has 0 aliphatic heterocycles. The van der Waals surface area contributed by atoms with E-state index >= 15 is 0 Å². The van der Waals surface area contributed by atoms with Crippen molar-refractivity contribution in [2.45, 2.75) is 0 Å². The van der Waals surface area contributed by atoms with Crippen LogP contribution in [0.25, 0.3) is 0 Å². The number of rotatable bonds is 2. The van der Waals surface area contributed by atoms with Crippen molar-refractivity contribution in [3.63, 3.8) is 0 Å². The quantitative estimate of drug-likeness (QED) is 0.133. The van der Waals surface area contributed by atoms with Crippen LogP contribution < -0.4 is 16.0 Å². The van der Waals surface area contributed by atoms with Gasteiger partial charge >= 0.3 is 11.9 Å². The van der Waals surface area contributed by atoms with Gasteiger partial charge in [-0.1, -0.05) is 0 Å². The zero-order chi connectivity index (χ0) is 12.1. The summed E-state index contributed by atoms with van der Waals surface area (Å²) >= 11 is 0. The van der Waals surface area contributed by atoms with E-state index in [1.807, 2.05) is 0 Å². The van der Waals surface area contributed by atoms with E-state index in [1.165, 1.54) is 12.1 Å². The van der Waals surface area contributed by atoms with Crippen LogP contribution in [0.3, 0.4) is 0 Å². The summed E-state index contributed by atoms with van der Waals surface area (Å²) in [5, 5.41) is 10.3. The first-order valence-electron chi connectivity index (χ1n) is 4.02. The van der Waals surface area contributed by atoms with Crippen molar-refractivity contribution in [2.75, 3.05) is 0 Å². The highest BCUT2D eigenvalue weighted by molar-refractivity contribution is 6.32. The Bertz CT molecular complexity index is 428. The predicted molar refractivity (Wildman–Crippen MR) is 51.1 cm³/mol. The molecule has 0 saturated carbocycles. The maximum Gasteiger partial charge on any atom is 0.403 e. The highest BCUT2D eigenvalue weighted by atomic mass is 16.6. The van der Waals surface area contributed by atoms with Crippen molar-refractivity contribution in [3.8, 4) is 5.75 Å². The molecule has 1 rings (SSSR count). The standard InChI is InChI=1S/C8H7N3O5/c9-10-7(12)8(13)16-6-3-1-5(2-4-6)11(14)15/h1-4H,9H2,(H,10,12). The Morgan fingerprint density at radius 1 is 1.31 bits per heavy atom. The molecule has 1 aromatic carbocycles. The molecule has 0 aliphatic rings. The number of non-ortho nitro benzene ring substituents is 1. The van der Waals surface area contributed by atoms with Crippen molar-refractivity contribution in [2.24, 2.45) is 5.84 Å². The fourth-order valence-corrected chi connectivity index (χ4v) is 0.848. The van der Waals surface area contributed by atoms with Crippen LogP contribution in [-0.4, -0.2) is 16.8 Å². The highest BCUT2D eigenvalue weighted by Gasteiger charge is 2.15. The second kappa shape index (κ2) is 4.84. The summed E-state index contributed by atoms with van der Waals surface area (Å²) in [4.78, 5) is 31.3. The number of esters is 1. The number of nitrogens with two attached hydrogens (primary N) is 1. The van der Waals surface area contributed by atoms with Gasteiger partial charge in [0.25, 0.3) is 5.69 Å². The van der Waals surface area contributed by atoms with E-state index in [0.29, 0.717) is 0 Å². The number of hydrazine groups is 1. The number of ether oxygens (including phenoxy) is 1. The van der Waals surface area contributed by atoms with Crippen LogP contribution in [0.15, 0.2) is 24.3 Å². The minimum Gasteiger partial charge on any atom is -0.419 e. The first-order valence-corrected chi connectivity index (χ1v) is 4.02. The SMILES string of the molecule is NNC(=O)C(=O)Oc1ccc([N+](=O)[O-])cc1. The third kappa shape index (κ3) is 2.75. The molecule has 0 atom stereocenters. The zero-order valence-corrected chi connectivity index (χ0v) is 7.88. The Morgan fingerprint density at radius 2 is 1.88 bits per heavy atom. The van der Waals surface area contributed by atoms with Gasteiger partial charge in [0, 0.05) is 12.1 Å². The maximum absolute atomic E-state index is 10.9. The second-order valence-electron chi connectivity index (χ2n) is 2.61. The summed E-state index contributed by atoms with van der Waals surface area (Å²) in [6.45, 7) is 0. The number of amides is 1. The van der Waals surface area contributed by atoms with Crippen LogP contribution in [-0.2, 0) is 9.59 Å². The van der Waals surface area contributed by atoms with Crippen LogP contribution in [0.4, 0.5) is 5.69 Å². The normalized spacial score (nSPS) is 9.31. The number of nitrogens with zero attached hydrogens (tertiary/aromatic N) is 1. The fourth-order valence-electron chi connectivity index (χ4n) is 0.848. The Balaban J connectivity index is 2.72. The smallest absolute Gasteiger partial charge is 0.403 e. The van der Waals surface area contributed by atoms with Gasteiger partial charge in [0.05, 0.1) is 4.92 Å². The molecule has 0 aliphatic carbocycles. The molecule has 0 fully saturated rings. The number of nitro groups is 1. The Labute approximate surface area is 89.1 Å². The topological polar surface area (TPSA) is 125 Å². The van der Waals surface area contributed by atoms with Gasteiger partial charge in [-0.15, -0.1) is 0 Å². The molecule has 84 valence electrons. The van der Waals surface area contributed by atoms with Crippen LogP contribution in [0.1, 0.15) is 0 Å². The number of nitro benzene ring substituents is 1. The number of carbonyl (C=O) groups excluding carboxylic acids is 2. The van der Waals surface area contributed by atoms with E-state index < -0.39 is 16.8 Å². The maximum atomic E-state index is 10.9. The number of benzene rings is 1. The Morgan fingerprint density at radius 3 is 2.31 bits per heavy atom. The molecule has 0 radical (unpaired) electrons. The Kier molecular flexibility index (Phi) is 3.51. The van der Waals surface area contributed by atoms with E-state index in [0.717, 1.165) is 12.1 Å². The molecule has 0 saturated heterocycles. The van der Waals surface area contributed by atoms with Crippen LogP contribution in [0, 0.1) is 10.1 Å². The predicted octanol–water partition coefficient (Wildman–Crippen LogP) is -0.510. The second-order valence-corrected chi connectivity index (χ2v) is 2.61. The van der Waals surface area contributed by atoms with Crippen LogP contribution >= 0.6 is 0 Å². The lowest BCUT2D eigenvalue weighted by atomic mass is 10.3. The van der Waals surface area contributed by atoms with Gasteiger partial charge in [-0.25, -0.2) is 10.6 Å². The van der Waals surface area contributed by atoms with E-state index in [4.69, 9.17) is 5.84 Å². The lowest BCUT2D eigenvalue weighted by Gasteiger charge is -2.01. The van der Waals surface area contributed by atoms with Gasteiger partial charge in [0.1, 0.15) is 5.75 Å². The Hall–Kier alpha value is -2.48. The molecule has 0 bridgehead atoms. The van der Waals surface area contributed by atoms with Crippen LogP contribution in [0.2, 0.25) is 0 Å². The number of nitrogens with one attached hydrogen (secondary N) is 1. The van der Waals surface area contributed by atoms with Gasteiger partial charge in [0.15, 0.2) is 0 Å². The minimum absolute atomic E-state index is 0.0131. The van der Waals surface area contributed by atoms with E-state index in [1.54, 1.807) is 5.43 Å². The largest absolute Gasteiger partial charge is 0.419 e. The first-order chi connectivity index (χ1) is 7.54. The lowest BCUT2D eigenvalue weighted by molar-refractivity contribution is -0.384. The van der Waals surface area contributed by atoms with Crippen molar-refractivity contribution < 1.29 is 19.2 Å². The summed E-state index contributed by atoms with van der Waals surface area (Å²) in [5.74, 6) is 2.40. The van der Waals surface area contributed by atoms with E-state index in [9.17, 15) is 19.7 Å². The fraction of sp³-hybridized carbons (Fsp3) is 0. The zero-order valence-electron chi connectivity index (χ0n) is 7.88. The van der Waals surface area contributed by atoms with Crippen LogP contribution in [0.5, 0.6) is 5.75 Å².